The molecule has 1 heterocycles. The Morgan fingerprint density at radius 2 is 1.29 bits per heavy atom. The van der Waals surface area contributed by atoms with Crippen LogP contribution in [0.25, 0.3) is 0 Å². The van der Waals surface area contributed by atoms with Gasteiger partial charge in [-0.05, 0) is 19.9 Å². The van der Waals surface area contributed by atoms with Crippen LogP contribution in [0.2, 0.25) is 0 Å². The highest BCUT2D eigenvalue weighted by molar-refractivity contribution is 7.80. The Bertz CT molecular complexity index is 661. The second-order valence-corrected chi connectivity index (χ2v) is 6.11. The van der Waals surface area contributed by atoms with Gasteiger partial charge in [0.2, 0.25) is 0 Å². The summed E-state index contributed by atoms with van der Waals surface area (Å²) in [5.41, 5.74) is 0.115. The maximum absolute atomic E-state index is 12.4. The zero-order chi connectivity index (χ0) is 21.1. The number of hydrogen-bond donors (Lipinski definition) is 4. The molecule has 1 aromatic rings. The summed E-state index contributed by atoms with van der Waals surface area (Å²) < 4.78 is 9.72. The van der Waals surface area contributed by atoms with Crippen LogP contribution >= 0.6 is 25.3 Å². The van der Waals surface area contributed by atoms with Gasteiger partial charge in [-0.1, -0.05) is 0 Å². The number of thiol groups is 2. The van der Waals surface area contributed by atoms with E-state index in [4.69, 9.17) is 9.47 Å². The lowest BCUT2D eigenvalue weighted by atomic mass is 10.1. The summed E-state index contributed by atoms with van der Waals surface area (Å²) in [6.07, 6.45) is 2.49. The molecule has 28 heavy (non-hydrogen) atoms. The lowest BCUT2D eigenvalue weighted by Gasteiger charge is -2.16. The number of hydrogen-bond acceptors (Lipinski definition) is 9. The van der Waals surface area contributed by atoms with E-state index in [-0.39, 0.29) is 35.8 Å². The molecule has 11 heteroatoms. The molecule has 2 N–H and O–H groups in total. The Morgan fingerprint density at radius 1 is 0.893 bits per heavy atom. The van der Waals surface area contributed by atoms with Crippen molar-refractivity contribution in [3.63, 3.8) is 0 Å². The first-order valence-electron chi connectivity index (χ1n) is 8.49. The Morgan fingerprint density at radius 3 is 1.61 bits per heavy atom. The van der Waals surface area contributed by atoms with Crippen LogP contribution in [0.1, 0.15) is 34.6 Å². The summed E-state index contributed by atoms with van der Waals surface area (Å²) in [6.45, 7) is 3.64. The highest BCUT2D eigenvalue weighted by atomic mass is 32.1. The SMILES string of the molecule is CCOC(=O)C(CS)NC(=O)c1cncc(C(=O)NC(CS)C(=O)OCC)c1. The van der Waals surface area contributed by atoms with Crippen LogP contribution in [-0.4, -0.2) is 65.5 Å². The maximum atomic E-state index is 12.4. The third-order valence-corrected chi connectivity index (χ3v) is 4.11. The normalized spacial score (nSPS) is 12.4. The zero-order valence-electron chi connectivity index (χ0n) is 15.5. The fourth-order valence-electron chi connectivity index (χ4n) is 2.02. The second-order valence-electron chi connectivity index (χ2n) is 5.38. The van der Waals surface area contributed by atoms with Crippen LogP contribution in [0.15, 0.2) is 18.5 Å². The van der Waals surface area contributed by atoms with Gasteiger partial charge in [0.1, 0.15) is 12.1 Å². The minimum atomic E-state index is -0.939. The molecule has 0 bridgehead atoms. The van der Waals surface area contributed by atoms with Gasteiger partial charge < -0.3 is 20.1 Å². The number of nitrogens with one attached hydrogen (secondary N) is 2. The molecular weight excluding hydrogens is 406 g/mol. The van der Waals surface area contributed by atoms with Crippen molar-refractivity contribution in [3.8, 4) is 0 Å². The fraction of sp³-hybridized carbons (Fsp3) is 0.471. The summed E-state index contributed by atoms with van der Waals surface area (Å²) >= 11 is 8.05. The maximum Gasteiger partial charge on any atom is 0.329 e. The first-order valence-corrected chi connectivity index (χ1v) is 9.76. The van der Waals surface area contributed by atoms with Crippen molar-refractivity contribution in [1.82, 2.24) is 15.6 Å². The fourth-order valence-corrected chi connectivity index (χ4v) is 2.50. The molecule has 0 aliphatic carbocycles. The van der Waals surface area contributed by atoms with E-state index in [0.29, 0.717) is 0 Å². The van der Waals surface area contributed by atoms with Crippen molar-refractivity contribution >= 4 is 49.0 Å². The molecule has 0 saturated carbocycles. The van der Waals surface area contributed by atoms with Crippen molar-refractivity contribution in [1.29, 1.82) is 0 Å². The molecule has 2 atom stereocenters. The molecule has 154 valence electrons. The number of carbonyl (C=O) groups excluding carboxylic acids is 4. The summed E-state index contributed by atoms with van der Waals surface area (Å²) in [5.74, 6) is -2.38. The summed E-state index contributed by atoms with van der Waals surface area (Å²) in [6, 6.07) is -0.588. The van der Waals surface area contributed by atoms with E-state index in [2.05, 4.69) is 40.9 Å². The molecule has 0 spiro atoms. The third kappa shape index (κ3) is 7.04. The molecule has 1 rings (SSSR count). The van der Waals surface area contributed by atoms with Crippen LogP contribution in [0, 0.1) is 0 Å². The molecule has 0 aromatic carbocycles. The number of nitrogens with zero attached hydrogens (tertiary/aromatic N) is 1. The van der Waals surface area contributed by atoms with E-state index < -0.39 is 35.8 Å². The van der Waals surface area contributed by atoms with Crippen LogP contribution < -0.4 is 10.6 Å². The number of aromatic nitrogens is 1. The van der Waals surface area contributed by atoms with E-state index >= 15 is 0 Å². The highest BCUT2D eigenvalue weighted by Crippen LogP contribution is 2.06. The summed E-state index contributed by atoms with van der Waals surface area (Å²) in [5, 5.41) is 4.95. The van der Waals surface area contributed by atoms with Gasteiger partial charge in [-0.15, -0.1) is 0 Å². The molecule has 2 amide bonds. The average molecular weight is 430 g/mol. The Hall–Kier alpha value is -2.27. The second kappa shape index (κ2) is 12.2. The Balaban J connectivity index is 2.87. The van der Waals surface area contributed by atoms with E-state index in [1.165, 1.54) is 18.5 Å². The van der Waals surface area contributed by atoms with E-state index in [0.717, 1.165) is 0 Å². The number of esters is 2. The predicted octanol–water partition coefficient (Wildman–Crippen LogP) is 0.264. The zero-order valence-corrected chi connectivity index (χ0v) is 17.3. The van der Waals surface area contributed by atoms with E-state index in [1.807, 2.05) is 0 Å². The monoisotopic (exact) mass is 429 g/mol. The number of rotatable bonds is 10. The summed E-state index contributed by atoms with van der Waals surface area (Å²) in [4.78, 5) is 52.1. The molecular formula is C17H23N3O6S2. The van der Waals surface area contributed by atoms with Crippen LogP contribution in [0.5, 0.6) is 0 Å². The van der Waals surface area contributed by atoms with Gasteiger partial charge in [0.05, 0.1) is 24.3 Å². The molecule has 0 radical (unpaired) electrons. The lowest BCUT2D eigenvalue weighted by molar-refractivity contribution is -0.145. The van der Waals surface area contributed by atoms with Gasteiger partial charge in [-0.25, -0.2) is 9.59 Å². The van der Waals surface area contributed by atoms with Crippen molar-refractivity contribution < 1.29 is 28.7 Å². The van der Waals surface area contributed by atoms with Crippen molar-refractivity contribution in [2.24, 2.45) is 0 Å². The molecule has 9 nitrogen and oxygen atoms in total. The van der Waals surface area contributed by atoms with Crippen molar-refractivity contribution in [2.75, 3.05) is 24.7 Å². The third-order valence-electron chi connectivity index (χ3n) is 3.38. The molecule has 0 aliphatic rings. The molecule has 0 fully saturated rings. The number of amides is 2. The van der Waals surface area contributed by atoms with Crippen molar-refractivity contribution in [2.45, 2.75) is 25.9 Å². The quantitative estimate of drug-likeness (QED) is 0.311. The van der Waals surface area contributed by atoms with Crippen LogP contribution in [0.3, 0.4) is 0 Å². The number of carbonyl (C=O) groups is 4. The Kier molecular flexibility index (Phi) is 10.4. The standard InChI is InChI=1S/C17H23N3O6S2/c1-3-25-16(23)12(8-27)19-14(21)10-5-11(7-18-6-10)15(22)20-13(9-28)17(24)26-4-2/h5-7,12-13,27-28H,3-4,8-9H2,1-2H3,(H,19,21)(H,20,22). The average Bonchev–Trinajstić information content (AvgIpc) is 2.70. The molecule has 1 aromatic heterocycles. The Labute approximate surface area is 173 Å². The molecule has 2 unspecified atom stereocenters. The molecule has 0 saturated heterocycles. The van der Waals surface area contributed by atoms with Gasteiger partial charge in [0, 0.05) is 23.9 Å². The van der Waals surface area contributed by atoms with E-state index in [1.54, 1.807) is 13.8 Å². The number of pyridine rings is 1. The minimum absolute atomic E-state index is 0.0430. The first kappa shape index (κ1) is 23.8. The van der Waals surface area contributed by atoms with Gasteiger partial charge in [-0.3, -0.25) is 14.6 Å². The first-order chi connectivity index (χ1) is 13.4. The number of ether oxygens (including phenoxy) is 2. The van der Waals surface area contributed by atoms with Crippen LogP contribution in [-0.2, 0) is 19.1 Å². The highest BCUT2D eigenvalue weighted by Gasteiger charge is 2.24. The van der Waals surface area contributed by atoms with Crippen molar-refractivity contribution in [3.05, 3.63) is 29.6 Å². The molecule has 0 aliphatic heterocycles. The van der Waals surface area contributed by atoms with Gasteiger partial charge in [-0.2, -0.15) is 25.3 Å². The summed E-state index contributed by atoms with van der Waals surface area (Å²) in [7, 11) is 0. The smallest absolute Gasteiger partial charge is 0.329 e. The predicted molar refractivity (Wildman–Crippen MR) is 108 cm³/mol. The van der Waals surface area contributed by atoms with Gasteiger partial charge in [0.15, 0.2) is 0 Å². The van der Waals surface area contributed by atoms with E-state index in [9.17, 15) is 19.2 Å². The largest absolute Gasteiger partial charge is 0.464 e. The topological polar surface area (TPSA) is 124 Å². The van der Waals surface area contributed by atoms with Gasteiger partial charge >= 0.3 is 11.9 Å². The van der Waals surface area contributed by atoms with Gasteiger partial charge in [0.25, 0.3) is 11.8 Å². The lowest BCUT2D eigenvalue weighted by Crippen LogP contribution is -2.44. The van der Waals surface area contributed by atoms with Crippen LogP contribution in [0.4, 0.5) is 0 Å². The minimum Gasteiger partial charge on any atom is -0.464 e.